The van der Waals surface area contributed by atoms with Gasteiger partial charge in [0.25, 0.3) is 11.8 Å². The number of piperazine rings is 1. The molecule has 1 fully saturated rings. The molecule has 9 heteroatoms. The van der Waals surface area contributed by atoms with Crippen molar-refractivity contribution in [1.82, 2.24) is 14.9 Å². The summed E-state index contributed by atoms with van der Waals surface area (Å²) >= 11 is 0. The number of carbonyl (C=O) groups is 2. The van der Waals surface area contributed by atoms with Gasteiger partial charge in [-0.15, -0.1) is 0 Å². The number of aromatic nitrogens is 2. The Kier molecular flexibility index (Phi) is 6.30. The van der Waals surface area contributed by atoms with Crippen molar-refractivity contribution in [2.75, 3.05) is 43.0 Å². The highest BCUT2D eigenvalue weighted by Crippen LogP contribution is 2.32. The predicted molar refractivity (Wildman–Crippen MR) is 132 cm³/mol. The van der Waals surface area contributed by atoms with Gasteiger partial charge in [0.1, 0.15) is 17.0 Å². The largest absolute Gasteiger partial charge is 0.484 e. The van der Waals surface area contributed by atoms with E-state index >= 15 is 0 Å². The van der Waals surface area contributed by atoms with Crippen LogP contribution in [-0.2, 0) is 4.79 Å². The van der Waals surface area contributed by atoms with Crippen LogP contribution < -0.4 is 15.0 Å². The first kappa shape index (κ1) is 22.4. The third kappa shape index (κ3) is 4.93. The van der Waals surface area contributed by atoms with E-state index in [1.54, 1.807) is 35.5 Å². The Hall–Kier alpha value is -4.40. The number of ether oxygens (including phenoxy) is 1. The summed E-state index contributed by atoms with van der Waals surface area (Å²) in [7, 11) is 0. The summed E-state index contributed by atoms with van der Waals surface area (Å²) in [6.07, 6.45) is 3.40. The van der Waals surface area contributed by atoms with Crippen LogP contribution in [0, 0.1) is 6.92 Å². The predicted octanol–water partition coefficient (Wildman–Crippen LogP) is 3.51. The monoisotopic (exact) mass is 471 g/mol. The van der Waals surface area contributed by atoms with Crippen LogP contribution in [0.5, 0.6) is 5.75 Å². The summed E-state index contributed by atoms with van der Waals surface area (Å²) < 4.78 is 11.5. The summed E-state index contributed by atoms with van der Waals surface area (Å²) in [6.45, 7) is 3.93. The fraction of sp³-hybridized carbons (Fsp3) is 0.231. The Morgan fingerprint density at radius 3 is 2.54 bits per heavy atom. The van der Waals surface area contributed by atoms with E-state index in [1.807, 2.05) is 48.2 Å². The van der Waals surface area contributed by atoms with Gasteiger partial charge in [-0.25, -0.2) is 9.97 Å². The molecule has 2 aromatic heterocycles. The Balaban J connectivity index is 1.31. The number of anilines is 2. The Labute approximate surface area is 202 Å². The summed E-state index contributed by atoms with van der Waals surface area (Å²) in [5.41, 5.74) is 1.93. The quantitative estimate of drug-likeness (QED) is 0.459. The minimum absolute atomic E-state index is 0.111. The fourth-order valence-electron chi connectivity index (χ4n) is 4.06. The minimum Gasteiger partial charge on any atom is -0.484 e. The Morgan fingerprint density at radius 1 is 1.00 bits per heavy atom. The van der Waals surface area contributed by atoms with E-state index in [0.29, 0.717) is 54.5 Å². The normalized spacial score (nSPS) is 13.6. The van der Waals surface area contributed by atoms with Crippen LogP contribution in [0.1, 0.15) is 16.1 Å². The molecule has 1 N–H and O–H groups in total. The molecule has 0 atom stereocenters. The maximum absolute atomic E-state index is 13.4. The molecule has 9 nitrogen and oxygen atoms in total. The van der Waals surface area contributed by atoms with Crippen LogP contribution in [0.2, 0.25) is 0 Å². The molecule has 0 unspecified atom stereocenters. The first-order valence-corrected chi connectivity index (χ1v) is 11.4. The molecular formula is C26H25N5O4. The van der Waals surface area contributed by atoms with E-state index in [1.165, 1.54) is 0 Å². The number of nitrogens with zero attached hydrogens (tertiary/aromatic N) is 4. The molecule has 2 amide bonds. The van der Waals surface area contributed by atoms with Gasteiger partial charge in [0.15, 0.2) is 6.61 Å². The van der Waals surface area contributed by atoms with Crippen molar-refractivity contribution < 1.29 is 18.7 Å². The summed E-state index contributed by atoms with van der Waals surface area (Å²) in [4.78, 5) is 38.5. The van der Waals surface area contributed by atoms with Crippen LogP contribution in [0.15, 0.2) is 71.4 Å². The number of hydrogen-bond acceptors (Lipinski definition) is 7. The minimum atomic E-state index is -0.377. The van der Waals surface area contributed by atoms with Crippen molar-refractivity contribution in [2.45, 2.75) is 6.92 Å². The number of furan rings is 1. The van der Waals surface area contributed by atoms with E-state index in [9.17, 15) is 9.59 Å². The van der Waals surface area contributed by atoms with Crippen molar-refractivity contribution in [2.24, 2.45) is 0 Å². The van der Waals surface area contributed by atoms with Gasteiger partial charge in [-0.05, 0) is 42.8 Å². The second kappa shape index (κ2) is 9.84. The highest BCUT2D eigenvalue weighted by Gasteiger charge is 2.29. The van der Waals surface area contributed by atoms with E-state index in [4.69, 9.17) is 9.15 Å². The van der Waals surface area contributed by atoms with Gasteiger partial charge in [-0.2, -0.15) is 0 Å². The van der Waals surface area contributed by atoms with Gasteiger partial charge in [0, 0.05) is 44.0 Å². The van der Waals surface area contributed by atoms with Crippen molar-refractivity contribution in [3.63, 3.8) is 0 Å². The van der Waals surface area contributed by atoms with Crippen LogP contribution in [-0.4, -0.2) is 59.5 Å². The van der Waals surface area contributed by atoms with E-state index in [0.717, 1.165) is 5.56 Å². The number of aryl methyl sites for hydroxylation is 1. The molecule has 1 aliphatic rings. The molecule has 0 spiro atoms. The first-order chi connectivity index (χ1) is 17.1. The molecule has 0 saturated carbocycles. The molecule has 0 aliphatic carbocycles. The molecule has 4 aromatic rings. The SMILES string of the molecule is Cc1cccc(OCC(=O)Nc2c(C(=O)N3CCN(c4ncccn4)CC3)oc3ccccc23)c1. The molecule has 1 saturated heterocycles. The topological polar surface area (TPSA) is 101 Å². The van der Waals surface area contributed by atoms with Gasteiger partial charge in [-0.3, -0.25) is 9.59 Å². The Morgan fingerprint density at radius 2 is 1.77 bits per heavy atom. The lowest BCUT2D eigenvalue weighted by Crippen LogP contribution is -2.49. The van der Waals surface area contributed by atoms with Gasteiger partial charge >= 0.3 is 0 Å². The zero-order valence-corrected chi connectivity index (χ0v) is 19.3. The van der Waals surface area contributed by atoms with Gasteiger partial charge in [0.2, 0.25) is 11.7 Å². The second-order valence-electron chi connectivity index (χ2n) is 8.28. The summed E-state index contributed by atoms with van der Waals surface area (Å²) in [5, 5.41) is 3.50. The average molecular weight is 472 g/mol. The first-order valence-electron chi connectivity index (χ1n) is 11.4. The fourth-order valence-corrected chi connectivity index (χ4v) is 4.06. The molecule has 178 valence electrons. The highest BCUT2D eigenvalue weighted by atomic mass is 16.5. The van der Waals surface area contributed by atoms with Crippen LogP contribution in [0.4, 0.5) is 11.6 Å². The smallest absolute Gasteiger partial charge is 0.291 e. The van der Waals surface area contributed by atoms with Crippen molar-refractivity contribution in [3.05, 3.63) is 78.3 Å². The maximum Gasteiger partial charge on any atom is 0.291 e. The van der Waals surface area contributed by atoms with Crippen LogP contribution >= 0.6 is 0 Å². The molecule has 5 rings (SSSR count). The summed E-state index contributed by atoms with van der Waals surface area (Å²) in [6, 6.07) is 16.5. The highest BCUT2D eigenvalue weighted by molar-refractivity contribution is 6.11. The molecule has 35 heavy (non-hydrogen) atoms. The second-order valence-corrected chi connectivity index (χ2v) is 8.28. The number of rotatable bonds is 6. The number of nitrogens with one attached hydrogen (secondary N) is 1. The third-order valence-electron chi connectivity index (χ3n) is 5.82. The number of para-hydroxylation sites is 1. The number of hydrogen-bond donors (Lipinski definition) is 1. The average Bonchev–Trinajstić information content (AvgIpc) is 3.26. The molecule has 0 radical (unpaired) electrons. The van der Waals surface area contributed by atoms with Crippen LogP contribution in [0.3, 0.4) is 0 Å². The zero-order valence-electron chi connectivity index (χ0n) is 19.3. The Bertz CT molecular complexity index is 1350. The van der Waals surface area contributed by atoms with Crippen molar-refractivity contribution >= 4 is 34.4 Å². The molecule has 3 heterocycles. The molecule has 1 aliphatic heterocycles. The van der Waals surface area contributed by atoms with Crippen molar-refractivity contribution in [1.29, 1.82) is 0 Å². The lowest BCUT2D eigenvalue weighted by atomic mass is 10.2. The standard InChI is InChI=1S/C26H25N5O4/c1-18-6-4-7-19(16-18)34-17-22(32)29-23-20-8-2-3-9-21(20)35-24(23)25(33)30-12-14-31(15-13-30)26-27-10-5-11-28-26/h2-11,16H,12-15,17H2,1H3,(H,29,32). The number of carbonyl (C=O) groups excluding carboxylic acids is 2. The molecule has 2 aromatic carbocycles. The number of benzene rings is 2. The number of fused-ring (bicyclic) bond motifs is 1. The zero-order chi connectivity index (χ0) is 24.2. The van der Waals surface area contributed by atoms with E-state index < -0.39 is 0 Å². The molecular weight excluding hydrogens is 446 g/mol. The molecule has 0 bridgehead atoms. The number of amides is 2. The lowest BCUT2D eigenvalue weighted by molar-refractivity contribution is -0.118. The van der Waals surface area contributed by atoms with Gasteiger partial charge in [-0.1, -0.05) is 24.3 Å². The summed E-state index contributed by atoms with van der Waals surface area (Å²) in [5.74, 6) is 0.709. The maximum atomic E-state index is 13.4. The van der Waals surface area contributed by atoms with E-state index in [2.05, 4.69) is 15.3 Å². The van der Waals surface area contributed by atoms with Crippen LogP contribution in [0.25, 0.3) is 11.0 Å². The van der Waals surface area contributed by atoms with Crippen molar-refractivity contribution in [3.8, 4) is 5.75 Å². The van der Waals surface area contributed by atoms with E-state index in [-0.39, 0.29) is 24.2 Å². The van der Waals surface area contributed by atoms with Gasteiger partial charge in [0.05, 0.1) is 0 Å². The third-order valence-corrected chi connectivity index (χ3v) is 5.82. The lowest BCUT2D eigenvalue weighted by Gasteiger charge is -2.34. The van der Waals surface area contributed by atoms with Gasteiger partial charge < -0.3 is 24.3 Å².